The van der Waals surface area contributed by atoms with Gasteiger partial charge in [0.1, 0.15) is 0 Å². The fourth-order valence-corrected chi connectivity index (χ4v) is 1.40. The molecule has 84 valence electrons. The molecule has 14 heavy (non-hydrogen) atoms. The summed E-state index contributed by atoms with van der Waals surface area (Å²) >= 11 is 0. The van der Waals surface area contributed by atoms with Crippen LogP contribution in [0.3, 0.4) is 0 Å². The van der Waals surface area contributed by atoms with Crippen molar-refractivity contribution in [2.75, 3.05) is 0 Å². The molecule has 0 N–H and O–H groups in total. The van der Waals surface area contributed by atoms with Crippen molar-refractivity contribution in [3.8, 4) is 0 Å². The lowest BCUT2D eigenvalue weighted by Crippen LogP contribution is -2.14. The molecular formula is C12H24O2. The molecule has 0 aliphatic carbocycles. The first-order chi connectivity index (χ1) is 6.70. The van der Waals surface area contributed by atoms with Crippen molar-refractivity contribution in [2.45, 2.75) is 71.8 Å². The second-order valence-electron chi connectivity index (χ2n) is 3.90. The van der Waals surface area contributed by atoms with Crippen LogP contribution in [-0.2, 0) is 9.53 Å². The molecule has 2 nitrogen and oxygen atoms in total. The zero-order valence-corrected chi connectivity index (χ0v) is 9.84. The number of ether oxygens (including phenoxy) is 1. The molecule has 0 bridgehead atoms. The number of hydrogen-bond acceptors (Lipinski definition) is 2. The van der Waals surface area contributed by atoms with Gasteiger partial charge in [-0.05, 0) is 26.2 Å². The highest BCUT2D eigenvalue weighted by Gasteiger charge is 2.07. The number of esters is 1. The van der Waals surface area contributed by atoms with Crippen molar-refractivity contribution in [2.24, 2.45) is 0 Å². The van der Waals surface area contributed by atoms with E-state index < -0.39 is 0 Å². The highest BCUT2D eigenvalue weighted by Crippen LogP contribution is 2.08. The van der Waals surface area contributed by atoms with Crippen molar-refractivity contribution < 1.29 is 9.53 Å². The second kappa shape index (κ2) is 9.04. The summed E-state index contributed by atoms with van der Waals surface area (Å²) in [5.74, 6) is -0.0458. The van der Waals surface area contributed by atoms with Crippen LogP contribution in [0, 0.1) is 0 Å². The smallest absolute Gasteiger partial charge is 0.306 e. The molecule has 2 heteroatoms. The molecule has 0 spiro atoms. The molecule has 0 fully saturated rings. The van der Waals surface area contributed by atoms with Crippen LogP contribution in [0.15, 0.2) is 0 Å². The van der Waals surface area contributed by atoms with Gasteiger partial charge in [0, 0.05) is 6.42 Å². The molecule has 0 unspecified atom stereocenters. The number of carbonyl (C=O) groups excluding carboxylic acids is 1. The number of carbonyl (C=O) groups is 1. The summed E-state index contributed by atoms with van der Waals surface area (Å²) in [5.41, 5.74) is 0. The Balaban J connectivity index is 3.35. The summed E-state index contributed by atoms with van der Waals surface area (Å²) in [7, 11) is 0. The van der Waals surface area contributed by atoms with E-state index in [1.807, 2.05) is 13.8 Å². The molecule has 1 atom stereocenters. The lowest BCUT2D eigenvalue weighted by Gasteiger charge is -2.12. The largest absolute Gasteiger partial charge is 0.463 e. The van der Waals surface area contributed by atoms with Crippen LogP contribution in [0.5, 0.6) is 0 Å². The summed E-state index contributed by atoms with van der Waals surface area (Å²) in [5, 5.41) is 0. The Morgan fingerprint density at radius 3 is 2.43 bits per heavy atom. The summed E-state index contributed by atoms with van der Waals surface area (Å²) in [6, 6.07) is 0. The van der Waals surface area contributed by atoms with E-state index in [0.717, 1.165) is 12.8 Å². The molecule has 0 rings (SSSR count). The van der Waals surface area contributed by atoms with Crippen LogP contribution < -0.4 is 0 Å². The normalized spacial score (nSPS) is 12.5. The minimum absolute atomic E-state index is 0.0458. The Morgan fingerprint density at radius 1 is 1.14 bits per heavy atom. The number of hydrogen-bond donors (Lipinski definition) is 0. The van der Waals surface area contributed by atoms with Crippen molar-refractivity contribution in [1.29, 1.82) is 0 Å². The Kier molecular flexibility index (Phi) is 8.70. The van der Waals surface area contributed by atoms with Crippen molar-refractivity contribution in [3.63, 3.8) is 0 Å². The van der Waals surface area contributed by atoms with Gasteiger partial charge in [0.05, 0.1) is 6.10 Å². The third kappa shape index (κ3) is 8.09. The molecule has 0 aromatic heterocycles. The third-order valence-corrected chi connectivity index (χ3v) is 2.25. The van der Waals surface area contributed by atoms with E-state index in [4.69, 9.17) is 4.74 Å². The van der Waals surface area contributed by atoms with E-state index in [1.165, 1.54) is 25.7 Å². The minimum atomic E-state index is -0.0458. The van der Waals surface area contributed by atoms with Crippen LogP contribution in [0.25, 0.3) is 0 Å². The van der Waals surface area contributed by atoms with E-state index in [-0.39, 0.29) is 12.1 Å². The molecule has 0 aromatic carbocycles. The van der Waals surface area contributed by atoms with Gasteiger partial charge in [0.15, 0.2) is 0 Å². The van der Waals surface area contributed by atoms with Gasteiger partial charge in [-0.2, -0.15) is 0 Å². The van der Waals surface area contributed by atoms with Gasteiger partial charge < -0.3 is 4.74 Å². The molecule has 0 aromatic rings. The fourth-order valence-electron chi connectivity index (χ4n) is 1.40. The first-order valence-corrected chi connectivity index (χ1v) is 5.90. The van der Waals surface area contributed by atoms with E-state index in [9.17, 15) is 4.79 Å². The molecule has 0 saturated carbocycles. The number of unbranched alkanes of at least 4 members (excludes halogenated alkanes) is 3. The van der Waals surface area contributed by atoms with E-state index in [1.54, 1.807) is 0 Å². The first-order valence-electron chi connectivity index (χ1n) is 5.90. The van der Waals surface area contributed by atoms with Crippen molar-refractivity contribution in [1.82, 2.24) is 0 Å². The average molecular weight is 200 g/mol. The predicted molar refractivity (Wildman–Crippen MR) is 59.2 cm³/mol. The molecule has 0 aliphatic heterocycles. The van der Waals surface area contributed by atoms with Gasteiger partial charge in [-0.3, -0.25) is 4.79 Å². The van der Waals surface area contributed by atoms with Gasteiger partial charge in [-0.25, -0.2) is 0 Å². The van der Waals surface area contributed by atoms with Crippen LogP contribution in [-0.4, -0.2) is 12.1 Å². The molecule has 0 amide bonds. The maximum absolute atomic E-state index is 11.1. The van der Waals surface area contributed by atoms with Crippen LogP contribution in [0.4, 0.5) is 0 Å². The van der Waals surface area contributed by atoms with Crippen molar-refractivity contribution in [3.05, 3.63) is 0 Å². The molecule has 0 radical (unpaired) electrons. The lowest BCUT2D eigenvalue weighted by molar-refractivity contribution is -0.148. The van der Waals surface area contributed by atoms with E-state index in [0.29, 0.717) is 6.42 Å². The Hall–Kier alpha value is -0.530. The first kappa shape index (κ1) is 13.5. The molecule has 0 saturated heterocycles. The van der Waals surface area contributed by atoms with Gasteiger partial charge in [0.25, 0.3) is 0 Å². The SMILES string of the molecule is CCCCCC[C@H](C)OC(=O)CCC. The highest BCUT2D eigenvalue weighted by molar-refractivity contribution is 5.69. The molecule has 0 aliphatic rings. The van der Waals surface area contributed by atoms with Gasteiger partial charge in [-0.15, -0.1) is 0 Å². The third-order valence-electron chi connectivity index (χ3n) is 2.25. The summed E-state index contributed by atoms with van der Waals surface area (Å²) in [6.45, 7) is 6.18. The van der Waals surface area contributed by atoms with Gasteiger partial charge >= 0.3 is 5.97 Å². The lowest BCUT2D eigenvalue weighted by atomic mass is 10.1. The maximum atomic E-state index is 11.1. The van der Waals surface area contributed by atoms with Crippen LogP contribution in [0.2, 0.25) is 0 Å². The van der Waals surface area contributed by atoms with E-state index in [2.05, 4.69) is 6.92 Å². The molecular weight excluding hydrogens is 176 g/mol. The van der Waals surface area contributed by atoms with Gasteiger partial charge in [0.2, 0.25) is 0 Å². The summed E-state index contributed by atoms with van der Waals surface area (Å²) in [6.07, 6.45) is 7.52. The monoisotopic (exact) mass is 200 g/mol. The average Bonchev–Trinajstić information content (AvgIpc) is 2.13. The Bertz CT molecular complexity index is 143. The number of rotatable bonds is 8. The standard InChI is InChI=1S/C12H24O2/c1-4-6-7-8-10-11(3)14-12(13)9-5-2/h11H,4-10H2,1-3H3/t11-/m0/s1. The molecule has 0 heterocycles. The van der Waals surface area contributed by atoms with E-state index >= 15 is 0 Å². The predicted octanol–water partition coefficient (Wildman–Crippen LogP) is 3.69. The second-order valence-corrected chi connectivity index (χ2v) is 3.90. The van der Waals surface area contributed by atoms with Crippen LogP contribution in [0.1, 0.15) is 65.7 Å². The van der Waals surface area contributed by atoms with Crippen LogP contribution >= 0.6 is 0 Å². The fraction of sp³-hybridized carbons (Fsp3) is 0.917. The minimum Gasteiger partial charge on any atom is -0.463 e. The maximum Gasteiger partial charge on any atom is 0.306 e. The topological polar surface area (TPSA) is 26.3 Å². The summed E-state index contributed by atoms with van der Waals surface area (Å²) in [4.78, 5) is 11.1. The van der Waals surface area contributed by atoms with Crippen molar-refractivity contribution >= 4 is 5.97 Å². The Labute approximate surface area is 88.0 Å². The Morgan fingerprint density at radius 2 is 1.86 bits per heavy atom. The summed E-state index contributed by atoms with van der Waals surface area (Å²) < 4.78 is 5.23. The quantitative estimate of drug-likeness (QED) is 0.441. The zero-order valence-electron chi connectivity index (χ0n) is 9.84. The van der Waals surface area contributed by atoms with Gasteiger partial charge in [-0.1, -0.05) is 33.1 Å². The zero-order chi connectivity index (χ0) is 10.8. The highest BCUT2D eigenvalue weighted by atomic mass is 16.5.